The summed E-state index contributed by atoms with van der Waals surface area (Å²) in [5.41, 5.74) is 0.509. The first-order chi connectivity index (χ1) is 12.5. The predicted molar refractivity (Wildman–Crippen MR) is 96.7 cm³/mol. The molecule has 0 N–H and O–H groups in total. The third kappa shape index (κ3) is 3.38. The van der Waals surface area contributed by atoms with E-state index in [2.05, 4.69) is 23.7 Å². The minimum absolute atomic E-state index is 0.00438. The molecule has 1 aromatic rings. The van der Waals surface area contributed by atoms with Gasteiger partial charge in [-0.05, 0) is 43.9 Å². The van der Waals surface area contributed by atoms with Crippen LogP contribution in [0.3, 0.4) is 0 Å². The van der Waals surface area contributed by atoms with E-state index in [0.29, 0.717) is 48.4 Å². The van der Waals surface area contributed by atoms with Crippen LogP contribution < -0.4 is 0 Å². The minimum Gasteiger partial charge on any atom is -0.447 e. The molecule has 3 aliphatic rings. The second kappa shape index (κ2) is 7.05. The zero-order valence-electron chi connectivity index (χ0n) is 15.8. The number of piperidine rings is 2. The van der Waals surface area contributed by atoms with Crippen molar-refractivity contribution in [1.82, 2.24) is 14.8 Å². The summed E-state index contributed by atoms with van der Waals surface area (Å²) in [4.78, 5) is 33.6. The number of amides is 2. The highest BCUT2D eigenvalue weighted by molar-refractivity contribution is 5.93. The van der Waals surface area contributed by atoms with Crippen LogP contribution in [-0.2, 0) is 4.79 Å². The van der Waals surface area contributed by atoms with Gasteiger partial charge in [0.1, 0.15) is 5.76 Å². The molecule has 4 rings (SSSR count). The highest BCUT2D eigenvalue weighted by Gasteiger charge is 2.41. The summed E-state index contributed by atoms with van der Waals surface area (Å²) >= 11 is 0. The molecule has 0 aromatic carbocycles. The number of oxazole rings is 1. The molecule has 3 fully saturated rings. The summed E-state index contributed by atoms with van der Waals surface area (Å²) in [5.74, 6) is 2.43. The minimum atomic E-state index is 0.00438. The van der Waals surface area contributed by atoms with E-state index in [9.17, 15) is 9.59 Å². The molecule has 2 amide bonds. The van der Waals surface area contributed by atoms with Crippen LogP contribution in [0.25, 0.3) is 0 Å². The van der Waals surface area contributed by atoms with Gasteiger partial charge in [0.25, 0.3) is 5.91 Å². The van der Waals surface area contributed by atoms with Gasteiger partial charge in [0.2, 0.25) is 5.91 Å². The van der Waals surface area contributed by atoms with Crippen LogP contribution in [0.2, 0.25) is 0 Å². The van der Waals surface area contributed by atoms with E-state index in [1.54, 1.807) is 0 Å². The average Bonchev–Trinajstić information content (AvgIpc) is 3.36. The van der Waals surface area contributed by atoms with Crippen LogP contribution in [0.4, 0.5) is 0 Å². The number of likely N-dealkylation sites (tertiary alicyclic amines) is 2. The van der Waals surface area contributed by atoms with Crippen molar-refractivity contribution in [3.63, 3.8) is 0 Å². The van der Waals surface area contributed by atoms with E-state index in [0.717, 1.165) is 51.0 Å². The van der Waals surface area contributed by atoms with Crippen LogP contribution in [0.5, 0.6) is 0 Å². The van der Waals surface area contributed by atoms with Gasteiger partial charge in [-0.15, -0.1) is 0 Å². The summed E-state index contributed by atoms with van der Waals surface area (Å²) in [7, 11) is 0. The van der Waals surface area contributed by atoms with E-state index in [-0.39, 0.29) is 5.91 Å². The summed E-state index contributed by atoms with van der Waals surface area (Å²) < 4.78 is 5.48. The summed E-state index contributed by atoms with van der Waals surface area (Å²) in [6, 6.07) is 0.291. The van der Waals surface area contributed by atoms with E-state index in [4.69, 9.17) is 4.42 Å². The fraction of sp³-hybridized carbons (Fsp3) is 0.750. The molecule has 6 nitrogen and oxygen atoms in total. The van der Waals surface area contributed by atoms with E-state index in [1.807, 2.05) is 4.90 Å². The Hall–Kier alpha value is -1.85. The number of nitrogens with zero attached hydrogens (tertiary/aromatic N) is 3. The number of fused-ring (bicyclic) bond motifs is 1. The molecule has 2 unspecified atom stereocenters. The van der Waals surface area contributed by atoms with Crippen LogP contribution in [0, 0.1) is 11.8 Å². The first-order valence-electron chi connectivity index (χ1n) is 10.1. The maximum absolute atomic E-state index is 13.0. The fourth-order valence-electron chi connectivity index (χ4n) is 4.42. The number of hydrogen-bond donors (Lipinski definition) is 0. The average molecular weight is 359 g/mol. The molecule has 2 saturated heterocycles. The van der Waals surface area contributed by atoms with Gasteiger partial charge >= 0.3 is 0 Å². The lowest BCUT2D eigenvalue weighted by Gasteiger charge is -2.47. The van der Waals surface area contributed by atoms with Crippen molar-refractivity contribution >= 4 is 11.8 Å². The third-order valence-electron chi connectivity index (χ3n) is 6.12. The van der Waals surface area contributed by atoms with E-state index >= 15 is 0 Å². The zero-order chi connectivity index (χ0) is 18.3. The molecule has 142 valence electrons. The number of hydrogen-bond acceptors (Lipinski definition) is 4. The first kappa shape index (κ1) is 17.6. The van der Waals surface area contributed by atoms with E-state index < -0.39 is 0 Å². The number of carbonyl (C=O) groups is 2. The summed E-state index contributed by atoms with van der Waals surface area (Å²) in [5, 5.41) is 0. The van der Waals surface area contributed by atoms with Crippen molar-refractivity contribution in [1.29, 1.82) is 0 Å². The maximum Gasteiger partial charge on any atom is 0.276 e. The Labute approximate surface area is 154 Å². The Morgan fingerprint density at radius 3 is 2.85 bits per heavy atom. The van der Waals surface area contributed by atoms with Gasteiger partial charge in [0.15, 0.2) is 12.1 Å². The lowest BCUT2D eigenvalue weighted by molar-refractivity contribution is -0.140. The monoisotopic (exact) mass is 359 g/mol. The van der Waals surface area contributed by atoms with Gasteiger partial charge < -0.3 is 14.2 Å². The predicted octanol–water partition coefficient (Wildman–Crippen LogP) is 3.05. The Bertz CT molecular complexity index is 680. The number of rotatable bonds is 5. The molecule has 1 aliphatic carbocycles. The Balaban J connectivity index is 1.43. The van der Waals surface area contributed by atoms with Gasteiger partial charge in [-0.25, -0.2) is 4.98 Å². The van der Waals surface area contributed by atoms with Crippen LogP contribution in [0.1, 0.15) is 74.5 Å². The van der Waals surface area contributed by atoms with Gasteiger partial charge in [-0.1, -0.05) is 13.8 Å². The topological polar surface area (TPSA) is 66.7 Å². The SMILES string of the molecule is CC(C)CCN1C(=O)CCC2CN(C(=O)c3ncoc3C3CC3)CCC21. The van der Waals surface area contributed by atoms with Gasteiger partial charge in [0, 0.05) is 38.0 Å². The molecule has 26 heavy (non-hydrogen) atoms. The van der Waals surface area contributed by atoms with Crippen molar-refractivity contribution in [2.24, 2.45) is 11.8 Å². The molecule has 0 spiro atoms. The van der Waals surface area contributed by atoms with E-state index in [1.165, 1.54) is 6.39 Å². The summed E-state index contributed by atoms with van der Waals surface area (Å²) in [6.07, 6.45) is 7.00. The molecular weight excluding hydrogens is 330 g/mol. The number of carbonyl (C=O) groups excluding carboxylic acids is 2. The second-order valence-electron chi connectivity index (χ2n) is 8.52. The lowest BCUT2D eigenvalue weighted by atomic mass is 9.83. The van der Waals surface area contributed by atoms with Crippen LogP contribution in [0.15, 0.2) is 10.8 Å². The van der Waals surface area contributed by atoms with Crippen molar-refractivity contribution in [3.05, 3.63) is 17.8 Å². The highest BCUT2D eigenvalue weighted by Crippen LogP contribution is 2.42. The molecule has 1 saturated carbocycles. The molecular formula is C20H29N3O3. The van der Waals surface area contributed by atoms with Crippen molar-refractivity contribution in [2.45, 2.75) is 64.3 Å². The highest BCUT2D eigenvalue weighted by atomic mass is 16.3. The molecule has 0 bridgehead atoms. The van der Waals surface area contributed by atoms with Crippen LogP contribution in [-0.4, -0.2) is 52.3 Å². The zero-order valence-corrected chi connectivity index (χ0v) is 15.8. The van der Waals surface area contributed by atoms with Gasteiger partial charge in [-0.3, -0.25) is 9.59 Å². The molecule has 0 radical (unpaired) electrons. The van der Waals surface area contributed by atoms with Gasteiger partial charge in [-0.2, -0.15) is 0 Å². The van der Waals surface area contributed by atoms with Crippen molar-refractivity contribution in [3.8, 4) is 0 Å². The molecule has 1 aromatic heterocycles. The largest absolute Gasteiger partial charge is 0.447 e. The quantitative estimate of drug-likeness (QED) is 0.810. The molecule has 2 aliphatic heterocycles. The lowest BCUT2D eigenvalue weighted by Crippen LogP contribution is -2.57. The third-order valence-corrected chi connectivity index (χ3v) is 6.12. The smallest absolute Gasteiger partial charge is 0.276 e. The second-order valence-corrected chi connectivity index (χ2v) is 8.52. The molecule has 2 atom stereocenters. The first-order valence-corrected chi connectivity index (χ1v) is 10.1. The Kier molecular flexibility index (Phi) is 4.76. The fourth-order valence-corrected chi connectivity index (χ4v) is 4.42. The summed E-state index contributed by atoms with van der Waals surface area (Å²) in [6.45, 7) is 6.67. The van der Waals surface area contributed by atoms with Crippen molar-refractivity contribution < 1.29 is 14.0 Å². The number of aromatic nitrogens is 1. The maximum atomic E-state index is 13.0. The molecule has 6 heteroatoms. The van der Waals surface area contributed by atoms with Gasteiger partial charge in [0.05, 0.1) is 0 Å². The molecule has 3 heterocycles. The standard InChI is InChI=1S/C20H29N3O3/c1-13(2)7-10-23-16-8-9-22(11-15(16)5-6-17(23)24)20(25)18-19(14-3-4-14)26-12-21-18/h12-16H,3-11H2,1-2H3. The van der Waals surface area contributed by atoms with Crippen LogP contribution >= 0.6 is 0 Å². The Morgan fingerprint density at radius 2 is 2.12 bits per heavy atom. The normalized spacial score (nSPS) is 26.3. The van der Waals surface area contributed by atoms with Crippen molar-refractivity contribution in [2.75, 3.05) is 19.6 Å². The Morgan fingerprint density at radius 1 is 1.31 bits per heavy atom.